The molecule has 100 valence electrons. The summed E-state index contributed by atoms with van der Waals surface area (Å²) in [4.78, 5) is 12.1. The topological polar surface area (TPSA) is 22.0 Å². The van der Waals surface area contributed by atoms with Crippen molar-refractivity contribution in [2.75, 3.05) is 0 Å². The van der Waals surface area contributed by atoms with Crippen molar-refractivity contribution in [3.8, 4) is 0 Å². The molecule has 0 unspecified atom stereocenters. The first-order valence-corrected chi connectivity index (χ1v) is 6.17. The van der Waals surface area contributed by atoms with Crippen LogP contribution in [0.2, 0.25) is 0 Å². The highest BCUT2D eigenvalue weighted by atomic mass is 19.1. The lowest BCUT2D eigenvalue weighted by Crippen LogP contribution is -2.11. The molecule has 3 aromatic rings. The molecule has 3 rings (SSSR count). The minimum absolute atomic E-state index is 0.0200. The summed E-state index contributed by atoms with van der Waals surface area (Å²) in [5.74, 6) is -1.77. The Morgan fingerprint density at radius 3 is 2.70 bits per heavy atom. The number of Topliss-reactive ketones (excluding diaryl/α,β-unsaturated/α-hetero) is 1. The van der Waals surface area contributed by atoms with Gasteiger partial charge in [-0.2, -0.15) is 0 Å². The van der Waals surface area contributed by atoms with E-state index in [0.29, 0.717) is 0 Å². The number of benzene rings is 2. The summed E-state index contributed by atoms with van der Waals surface area (Å²) < 4.78 is 28.4. The third-order valence-electron chi connectivity index (χ3n) is 3.22. The second-order valence-electron chi connectivity index (χ2n) is 4.55. The number of aromatic nitrogens is 1. The highest BCUT2D eigenvalue weighted by Crippen LogP contribution is 2.17. The SMILES string of the molecule is O=C(Cn1ccc2ccccc21)c1cc(F)ccc1F. The van der Waals surface area contributed by atoms with E-state index in [1.54, 1.807) is 10.8 Å². The van der Waals surface area contributed by atoms with Crippen molar-refractivity contribution in [3.05, 3.63) is 71.9 Å². The van der Waals surface area contributed by atoms with E-state index in [4.69, 9.17) is 0 Å². The number of hydrogen-bond donors (Lipinski definition) is 0. The van der Waals surface area contributed by atoms with Crippen LogP contribution in [0, 0.1) is 11.6 Å². The first-order valence-electron chi connectivity index (χ1n) is 6.17. The van der Waals surface area contributed by atoms with Gasteiger partial charge in [-0.1, -0.05) is 18.2 Å². The van der Waals surface area contributed by atoms with E-state index in [1.807, 2.05) is 30.3 Å². The van der Waals surface area contributed by atoms with Crippen LogP contribution in [0.5, 0.6) is 0 Å². The van der Waals surface area contributed by atoms with Gasteiger partial charge in [0.1, 0.15) is 11.6 Å². The number of carbonyl (C=O) groups excluding carboxylic acids is 1. The third kappa shape index (κ3) is 2.20. The van der Waals surface area contributed by atoms with Crippen LogP contribution < -0.4 is 0 Å². The van der Waals surface area contributed by atoms with Gasteiger partial charge in [0, 0.05) is 11.7 Å². The molecule has 0 N–H and O–H groups in total. The number of halogens is 2. The number of nitrogens with zero attached hydrogens (tertiary/aromatic N) is 1. The molecule has 0 aliphatic heterocycles. The molecule has 2 nitrogen and oxygen atoms in total. The van der Waals surface area contributed by atoms with Gasteiger partial charge in [0.15, 0.2) is 5.78 Å². The van der Waals surface area contributed by atoms with Gasteiger partial charge in [-0.05, 0) is 35.7 Å². The Labute approximate surface area is 114 Å². The summed E-state index contributed by atoms with van der Waals surface area (Å²) in [6.45, 7) is -0.0200. The van der Waals surface area contributed by atoms with E-state index in [2.05, 4.69) is 0 Å². The molecule has 0 spiro atoms. The second kappa shape index (κ2) is 4.89. The normalized spacial score (nSPS) is 10.9. The molecule has 0 amide bonds. The van der Waals surface area contributed by atoms with Gasteiger partial charge in [-0.3, -0.25) is 4.79 Å². The molecule has 0 saturated heterocycles. The minimum atomic E-state index is -0.701. The minimum Gasteiger partial charge on any atom is -0.340 e. The van der Waals surface area contributed by atoms with Crippen molar-refractivity contribution in [3.63, 3.8) is 0 Å². The van der Waals surface area contributed by atoms with Crippen LogP contribution in [0.15, 0.2) is 54.7 Å². The molecule has 4 heteroatoms. The zero-order chi connectivity index (χ0) is 14.1. The number of hydrogen-bond acceptors (Lipinski definition) is 1. The Morgan fingerprint density at radius 1 is 1.05 bits per heavy atom. The molecule has 0 radical (unpaired) electrons. The summed E-state index contributed by atoms with van der Waals surface area (Å²) in [6, 6.07) is 12.4. The van der Waals surface area contributed by atoms with Gasteiger partial charge in [0.25, 0.3) is 0 Å². The summed E-state index contributed by atoms with van der Waals surface area (Å²) in [5.41, 5.74) is 0.667. The van der Waals surface area contributed by atoms with Crippen molar-refractivity contribution in [1.29, 1.82) is 0 Å². The number of fused-ring (bicyclic) bond motifs is 1. The molecule has 0 atom stereocenters. The largest absolute Gasteiger partial charge is 0.340 e. The summed E-state index contributed by atoms with van der Waals surface area (Å²) in [7, 11) is 0. The summed E-state index contributed by atoms with van der Waals surface area (Å²) in [5, 5.41) is 1.00. The highest BCUT2D eigenvalue weighted by molar-refractivity contribution is 5.97. The molecule has 1 aromatic heterocycles. The molecule has 0 saturated carbocycles. The maximum atomic E-state index is 13.6. The Balaban J connectivity index is 1.94. The van der Waals surface area contributed by atoms with E-state index >= 15 is 0 Å². The molecular formula is C16H11F2NO. The molecule has 0 bridgehead atoms. The Bertz CT molecular complexity index is 792. The van der Waals surface area contributed by atoms with E-state index in [-0.39, 0.29) is 12.1 Å². The zero-order valence-corrected chi connectivity index (χ0v) is 10.5. The van der Waals surface area contributed by atoms with Crippen LogP contribution in [-0.4, -0.2) is 10.4 Å². The molecule has 1 heterocycles. The zero-order valence-electron chi connectivity index (χ0n) is 10.5. The van der Waals surface area contributed by atoms with Crippen molar-refractivity contribution < 1.29 is 13.6 Å². The maximum Gasteiger partial charge on any atom is 0.185 e. The number of carbonyl (C=O) groups is 1. The van der Waals surface area contributed by atoms with Crippen LogP contribution in [0.3, 0.4) is 0 Å². The number of rotatable bonds is 3. The average molecular weight is 271 g/mol. The van der Waals surface area contributed by atoms with E-state index in [9.17, 15) is 13.6 Å². The highest BCUT2D eigenvalue weighted by Gasteiger charge is 2.14. The van der Waals surface area contributed by atoms with Gasteiger partial charge in [0.05, 0.1) is 12.1 Å². The monoisotopic (exact) mass is 271 g/mol. The third-order valence-corrected chi connectivity index (χ3v) is 3.22. The van der Waals surface area contributed by atoms with Crippen molar-refractivity contribution >= 4 is 16.7 Å². The summed E-state index contributed by atoms with van der Waals surface area (Å²) in [6.07, 6.45) is 1.76. The van der Waals surface area contributed by atoms with Crippen LogP contribution in [0.1, 0.15) is 10.4 Å². The average Bonchev–Trinajstić information content (AvgIpc) is 2.85. The predicted molar refractivity (Wildman–Crippen MR) is 72.6 cm³/mol. The fourth-order valence-corrected chi connectivity index (χ4v) is 2.23. The second-order valence-corrected chi connectivity index (χ2v) is 4.55. The fraction of sp³-hybridized carbons (Fsp3) is 0.0625. The van der Waals surface area contributed by atoms with E-state index < -0.39 is 17.4 Å². The lowest BCUT2D eigenvalue weighted by atomic mass is 10.1. The Kier molecular flexibility index (Phi) is 3.06. The predicted octanol–water partition coefficient (Wildman–Crippen LogP) is 3.80. The van der Waals surface area contributed by atoms with Crippen molar-refractivity contribution in [1.82, 2.24) is 4.57 Å². The molecule has 0 aliphatic rings. The lowest BCUT2D eigenvalue weighted by molar-refractivity contribution is 0.0969. The summed E-state index contributed by atoms with van der Waals surface area (Å²) >= 11 is 0. The van der Waals surface area contributed by atoms with Gasteiger partial charge in [-0.25, -0.2) is 8.78 Å². The number of para-hydroxylation sites is 1. The van der Waals surface area contributed by atoms with E-state index in [1.165, 1.54) is 0 Å². The van der Waals surface area contributed by atoms with Crippen LogP contribution >= 0.6 is 0 Å². The van der Waals surface area contributed by atoms with E-state index in [0.717, 1.165) is 29.1 Å². The van der Waals surface area contributed by atoms with Crippen LogP contribution in [0.4, 0.5) is 8.78 Å². The molecular weight excluding hydrogens is 260 g/mol. The molecule has 0 aliphatic carbocycles. The molecule has 20 heavy (non-hydrogen) atoms. The smallest absolute Gasteiger partial charge is 0.185 e. The van der Waals surface area contributed by atoms with Crippen molar-refractivity contribution in [2.45, 2.75) is 6.54 Å². The first-order chi connectivity index (χ1) is 9.65. The van der Waals surface area contributed by atoms with Crippen molar-refractivity contribution in [2.24, 2.45) is 0 Å². The van der Waals surface area contributed by atoms with Gasteiger partial charge >= 0.3 is 0 Å². The Hall–Kier alpha value is -2.49. The van der Waals surface area contributed by atoms with Gasteiger partial charge in [-0.15, -0.1) is 0 Å². The first kappa shape index (κ1) is 12.5. The fourth-order valence-electron chi connectivity index (χ4n) is 2.23. The quantitative estimate of drug-likeness (QED) is 0.664. The maximum absolute atomic E-state index is 13.6. The van der Waals surface area contributed by atoms with Gasteiger partial charge in [0.2, 0.25) is 0 Å². The Morgan fingerprint density at radius 2 is 1.85 bits per heavy atom. The van der Waals surface area contributed by atoms with Crippen LogP contribution in [0.25, 0.3) is 10.9 Å². The number of ketones is 1. The van der Waals surface area contributed by atoms with Gasteiger partial charge < -0.3 is 4.57 Å². The lowest BCUT2D eigenvalue weighted by Gasteiger charge is -2.06. The standard InChI is InChI=1S/C16H11F2NO/c17-12-5-6-14(18)13(9-12)16(20)10-19-8-7-11-3-1-2-4-15(11)19/h1-9H,10H2. The molecule has 0 fully saturated rings. The van der Waals surface area contributed by atoms with Crippen LogP contribution in [-0.2, 0) is 6.54 Å². The molecule has 2 aromatic carbocycles.